The van der Waals surface area contributed by atoms with E-state index in [1.165, 1.54) is 31.0 Å². The van der Waals surface area contributed by atoms with E-state index in [0.29, 0.717) is 5.56 Å². The molecule has 9 heteroatoms. The zero-order chi connectivity index (χ0) is 19.4. The number of amides is 1. The lowest BCUT2D eigenvalue weighted by Gasteiger charge is -2.36. The zero-order valence-corrected chi connectivity index (χ0v) is 14.0. The fourth-order valence-electron chi connectivity index (χ4n) is 3.71. The van der Waals surface area contributed by atoms with Gasteiger partial charge in [-0.25, -0.2) is 0 Å². The van der Waals surface area contributed by atoms with Crippen LogP contribution in [-0.4, -0.2) is 25.2 Å². The van der Waals surface area contributed by atoms with E-state index in [1.807, 2.05) is 0 Å². The summed E-state index contributed by atoms with van der Waals surface area (Å²) in [6.45, 7) is 1.51. The van der Waals surface area contributed by atoms with Crippen LogP contribution in [0.4, 0.5) is 37.7 Å². The molecule has 0 fully saturated rings. The van der Waals surface area contributed by atoms with Crippen LogP contribution < -0.4 is 10.2 Å². The van der Waals surface area contributed by atoms with E-state index in [0.717, 1.165) is 0 Å². The number of carbonyl (C=O) groups excluding carboxylic acids is 1. The van der Waals surface area contributed by atoms with Crippen LogP contribution >= 0.6 is 0 Å². The summed E-state index contributed by atoms with van der Waals surface area (Å²) in [5.74, 6) is -0.561. The van der Waals surface area contributed by atoms with Crippen LogP contribution in [0, 0.1) is 0 Å². The average molecular weight is 378 g/mol. The maximum atomic E-state index is 13.7. The third kappa shape index (κ3) is 3.03. The second kappa shape index (κ2) is 5.92. The number of halogens is 6. The van der Waals surface area contributed by atoms with Crippen molar-refractivity contribution in [2.24, 2.45) is 0 Å². The Morgan fingerprint density at radius 1 is 1.23 bits per heavy atom. The molecule has 1 amide bonds. The molecule has 142 valence electrons. The van der Waals surface area contributed by atoms with Crippen molar-refractivity contribution in [3.05, 3.63) is 28.3 Å². The summed E-state index contributed by atoms with van der Waals surface area (Å²) >= 11 is 0. The summed E-state index contributed by atoms with van der Waals surface area (Å²) in [5.41, 5.74) is -0.663. The molecule has 1 aromatic rings. The van der Waals surface area contributed by atoms with Gasteiger partial charge in [-0.3, -0.25) is 4.79 Å². The first-order valence-corrected chi connectivity index (χ1v) is 8.00. The number of fused-ring (bicyclic) bond motifs is 3. The first-order valence-electron chi connectivity index (χ1n) is 8.00. The first kappa shape index (κ1) is 18.6. The number of hydrogen-bond donors (Lipinski definition) is 1. The van der Waals surface area contributed by atoms with Crippen molar-refractivity contribution in [3.63, 3.8) is 0 Å². The molecular weight excluding hydrogens is 362 g/mol. The minimum absolute atomic E-state index is 0.0305. The molecule has 3 nitrogen and oxygen atoms in total. The fraction of sp³-hybridized carbons (Fsp3) is 0.471. The molecule has 1 unspecified atom stereocenters. The smallest absolute Gasteiger partial charge is 0.367 e. The van der Waals surface area contributed by atoms with E-state index in [-0.39, 0.29) is 35.3 Å². The number of rotatable bonds is 2. The van der Waals surface area contributed by atoms with E-state index in [2.05, 4.69) is 5.32 Å². The topological polar surface area (TPSA) is 32.3 Å². The Morgan fingerprint density at radius 3 is 2.42 bits per heavy atom. The van der Waals surface area contributed by atoms with Gasteiger partial charge >= 0.3 is 12.4 Å². The highest BCUT2D eigenvalue weighted by Crippen LogP contribution is 2.50. The van der Waals surface area contributed by atoms with E-state index < -0.39 is 36.3 Å². The van der Waals surface area contributed by atoms with Crippen LogP contribution in [0.2, 0.25) is 0 Å². The van der Waals surface area contributed by atoms with Crippen LogP contribution in [0.25, 0.3) is 6.08 Å². The maximum absolute atomic E-state index is 13.7. The molecule has 2 aliphatic heterocycles. The summed E-state index contributed by atoms with van der Waals surface area (Å²) in [6, 6.07) is -1.10. The number of hydrogen-bond acceptors (Lipinski definition) is 2. The standard InChI is InChI=1S/C17H16F6N2O/c1-3-9-13(17(21,22)23)14-11(6-12(26)24-14)10-5-4-8(7-16(18,19)20)25(2)15(9)10/h4-5,8H,3,6-7H2,1-2H3,(H,24,26). The Balaban J connectivity index is 2.25. The monoisotopic (exact) mass is 378 g/mol. The first-order chi connectivity index (χ1) is 11.9. The van der Waals surface area contributed by atoms with E-state index in [1.54, 1.807) is 0 Å². The molecule has 1 N–H and O–H groups in total. The number of benzene rings is 1. The van der Waals surface area contributed by atoms with Gasteiger partial charge in [-0.2, -0.15) is 26.3 Å². The summed E-state index contributed by atoms with van der Waals surface area (Å²) in [6.07, 6.45) is -7.88. The molecule has 1 aromatic carbocycles. The Morgan fingerprint density at radius 2 is 1.88 bits per heavy atom. The predicted molar refractivity (Wildman–Crippen MR) is 85.1 cm³/mol. The number of alkyl halides is 6. The Labute approximate surface area is 145 Å². The van der Waals surface area contributed by atoms with E-state index in [4.69, 9.17) is 0 Å². The lowest BCUT2D eigenvalue weighted by atomic mass is 9.87. The highest BCUT2D eigenvalue weighted by molar-refractivity contribution is 6.04. The molecule has 0 aromatic heterocycles. The number of anilines is 2. The second-order valence-corrected chi connectivity index (χ2v) is 6.40. The van der Waals surface area contributed by atoms with Gasteiger partial charge in [0.05, 0.1) is 30.1 Å². The quantitative estimate of drug-likeness (QED) is 0.766. The molecule has 0 bridgehead atoms. The largest absolute Gasteiger partial charge is 0.418 e. The van der Waals surface area contributed by atoms with Crippen LogP contribution in [0.3, 0.4) is 0 Å². The van der Waals surface area contributed by atoms with Crippen molar-refractivity contribution in [2.45, 2.75) is 44.6 Å². The molecule has 0 spiro atoms. The van der Waals surface area contributed by atoms with Crippen molar-refractivity contribution >= 4 is 23.4 Å². The van der Waals surface area contributed by atoms with Gasteiger partial charge in [0.15, 0.2) is 0 Å². The summed E-state index contributed by atoms with van der Waals surface area (Å²) in [7, 11) is 1.36. The molecule has 0 aliphatic carbocycles. The van der Waals surface area contributed by atoms with Crippen LogP contribution in [-0.2, 0) is 23.8 Å². The van der Waals surface area contributed by atoms with Gasteiger partial charge in [-0.05, 0) is 17.5 Å². The Hall–Kier alpha value is -2.19. The molecule has 0 radical (unpaired) electrons. The SMILES string of the molecule is CCc1c2c(c3c(c1C(F)(F)F)NC(=O)C3)C=CC(CC(F)(F)F)N2C. The summed E-state index contributed by atoms with van der Waals surface area (Å²) < 4.78 is 79.6. The fourth-order valence-corrected chi connectivity index (χ4v) is 3.71. The second-order valence-electron chi connectivity index (χ2n) is 6.40. The van der Waals surface area contributed by atoms with Gasteiger partial charge < -0.3 is 10.2 Å². The van der Waals surface area contributed by atoms with Crippen molar-refractivity contribution in [1.82, 2.24) is 0 Å². The van der Waals surface area contributed by atoms with Gasteiger partial charge in [-0.1, -0.05) is 19.1 Å². The average Bonchev–Trinajstić information content (AvgIpc) is 2.86. The molecule has 1 atom stereocenters. The maximum Gasteiger partial charge on any atom is 0.418 e. The van der Waals surface area contributed by atoms with Gasteiger partial charge in [0.1, 0.15) is 0 Å². The summed E-state index contributed by atoms with van der Waals surface area (Å²) in [5, 5.41) is 2.27. The normalized spacial score (nSPS) is 19.5. The molecule has 3 rings (SSSR count). The van der Waals surface area contributed by atoms with Gasteiger partial charge in [0.2, 0.25) is 5.91 Å². The molecule has 0 saturated heterocycles. The zero-order valence-electron chi connectivity index (χ0n) is 14.0. The molecular formula is C17H16F6N2O. The molecule has 26 heavy (non-hydrogen) atoms. The Bertz CT molecular complexity index is 794. The van der Waals surface area contributed by atoms with Crippen LogP contribution in [0.1, 0.15) is 35.6 Å². The van der Waals surface area contributed by atoms with Crippen molar-refractivity contribution in [3.8, 4) is 0 Å². The summed E-state index contributed by atoms with van der Waals surface area (Å²) in [4.78, 5) is 13.0. The number of nitrogens with zero attached hydrogens (tertiary/aromatic N) is 1. The van der Waals surface area contributed by atoms with Gasteiger partial charge in [-0.15, -0.1) is 0 Å². The number of likely N-dealkylation sites (N-methyl/N-ethyl adjacent to an activating group) is 1. The molecule has 0 saturated carbocycles. The number of carbonyl (C=O) groups is 1. The van der Waals surface area contributed by atoms with Crippen molar-refractivity contribution < 1.29 is 31.1 Å². The minimum Gasteiger partial charge on any atom is -0.367 e. The predicted octanol–water partition coefficient (Wildman–Crippen LogP) is 4.55. The minimum atomic E-state index is -4.73. The highest BCUT2D eigenvalue weighted by Gasteiger charge is 2.44. The van der Waals surface area contributed by atoms with Crippen molar-refractivity contribution in [2.75, 3.05) is 17.3 Å². The lowest BCUT2D eigenvalue weighted by Crippen LogP contribution is -2.37. The van der Waals surface area contributed by atoms with Crippen LogP contribution in [0.15, 0.2) is 6.08 Å². The van der Waals surface area contributed by atoms with Gasteiger partial charge in [0, 0.05) is 18.3 Å². The van der Waals surface area contributed by atoms with Gasteiger partial charge in [0.25, 0.3) is 0 Å². The van der Waals surface area contributed by atoms with Crippen molar-refractivity contribution in [1.29, 1.82) is 0 Å². The highest BCUT2D eigenvalue weighted by atomic mass is 19.4. The molecule has 2 aliphatic rings. The third-order valence-electron chi connectivity index (χ3n) is 4.73. The Kier molecular flexibility index (Phi) is 4.23. The van der Waals surface area contributed by atoms with Crippen LogP contribution in [0.5, 0.6) is 0 Å². The van der Waals surface area contributed by atoms with E-state index >= 15 is 0 Å². The lowest BCUT2D eigenvalue weighted by molar-refractivity contribution is -0.138. The third-order valence-corrected chi connectivity index (χ3v) is 4.73. The molecule has 2 heterocycles. The number of nitrogens with one attached hydrogen (secondary N) is 1. The van der Waals surface area contributed by atoms with E-state index in [9.17, 15) is 31.1 Å².